The van der Waals surface area contributed by atoms with Crippen LogP contribution in [-0.2, 0) is 0 Å². The molecule has 1 atom stereocenters. The second-order valence-electron chi connectivity index (χ2n) is 4.64. The molecule has 122 valence electrons. The number of ether oxygens (including phenoxy) is 1. The summed E-state index contributed by atoms with van der Waals surface area (Å²) in [4.78, 5) is 2.23. The average Bonchev–Trinajstić information content (AvgIpc) is 2.37. The molecule has 3 nitrogen and oxygen atoms in total. The smallest absolute Gasteiger partial charge is 0.422 e. The molecular formula is C13H19Cl2F3N2O. The molecule has 1 aliphatic rings. The highest BCUT2D eigenvalue weighted by Gasteiger charge is 2.28. The first-order valence-electron chi connectivity index (χ1n) is 6.23. The van der Waals surface area contributed by atoms with E-state index in [0.717, 1.165) is 25.3 Å². The van der Waals surface area contributed by atoms with E-state index in [0.29, 0.717) is 6.04 Å². The van der Waals surface area contributed by atoms with E-state index in [-0.39, 0.29) is 30.6 Å². The second kappa shape index (κ2) is 8.56. The minimum atomic E-state index is -4.30. The van der Waals surface area contributed by atoms with Crippen molar-refractivity contribution in [1.82, 2.24) is 5.32 Å². The Morgan fingerprint density at radius 1 is 1.24 bits per heavy atom. The van der Waals surface area contributed by atoms with E-state index in [1.807, 2.05) is 0 Å². The van der Waals surface area contributed by atoms with Crippen LogP contribution in [0.25, 0.3) is 0 Å². The summed E-state index contributed by atoms with van der Waals surface area (Å²) in [5.41, 5.74) is 1.01. The van der Waals surface area contributed by atoms with Crippen molar-refractivity contribution in [2.24, 2.45) is 0 Å². The first kappa shape index (κ1) is 20.1. The Morgan fingerprint density at radius 3 is 2.38 bits per heavy atom. The van der Waals surface area contributed by atoms with Gasteiger partial charge in [-0.15, -0.1) is 24.8 Å². The molecule has 0 unspecified atom stereocenters. The van der Waals surface area contributed by atoms with Crippen LogP contribution >= 0.6 is 24.8 Å². The fourth-order valence-corrected chi connectivity index (χ4v) is 2.12. The highest BCUT2D eigenvalue weighted by atomic mass is 35.5. The van der Waals surface area contributed by atoms with E-state index >= 15 is 0 Å². The third kappa shape index (κ3) is 6.20. The number of nitrogens with one attached hydrogen (secondary N) is 1. The van der Waals surface area contributed by atoms with Gasteiger partial charge >= 0.3 is 6.18 Å². The van der Waals surface area contributed by atoms with Crippen molar-refractivity contribution in [2.45, 2.75) is 19.1 Å². The summed E-state index contributed by atoms with van der Waals surface area (Å²) in [5.74, 6) is 0.240. The minimum absolute atomic E-state index is 0. The normalized spacial score (nSPS) is 18.5. The number of piperazine rings is 1. The lowest BCUT2D eigenvalue weighted by atomic mass is 10.2. The summed E-state index contributed by atoms with van der Waals surface area (Å²) in [7, 11) is 0. The lowest BCUT2D eigenvalue weighted by Gasteiger charge is -2.35. The number of hydrogen-bond acceptors (Lipinski definition) is 3. The lowest BCUT2D eigenvalue weighted by molar-refractivity contribution is -0.153. The largest absolute Gasteiger partial charge is 0.484 e. The number of benzene rings is 1. The van der Waals surface area contributed by atoms with Crippen LogP contribution in [0.3, 0.4) is 0 Å². The molecule has 1 fully saturated rings. The molecule has 21 heavy (non-hydrogen) atoms. The van der Waals surface area contributed by atoms with E-state index in [1.54, 1.807) is 24.3 Å². The highest BCUT2D eigenvalue weighted by Crippen LogP contribution is 2.23. The fraction of sp³-hybridized carbons (Fsp3) is 0.538. The molecule has 1 heterocycles. The van der Waals surface area contributed by atoms with Gasteiger partial charge in [-0.3, -0.25) is 0 Å². The second-order valence-corrected chi connectivity index (χ2v) is 4.64. The highest BCUT2D eigenvalue weighted by molar-refractivity contribution is 5.85. The molecule has 0 amide bonds. The summed E-state index contributed by atoms with van der Waals surface area (Å²) in [6.45, 7) is 3.57. The van der Waals surface area contributed by atoms with E-state index in [9.17, 15) is 13.2 Å². The molecule has 0 aliphatic carbocycles. The molecule has 1 N–H and O–H groups in total. The maximum Gasteiger partial charge on any atom is 0.422 e. The predicted molar refractivity (Wildman–Crippen MR) is 82.2 cm³/mol. The monoisotopic (exact) mass is 346 g/mol. The fourth-order valence-electron chi connectivity index (χ4n) is 2.12. The Bertz CT molecular complexity index is 415. The van der Waals surface area contributed by atoms with Crippen LogP contribution in [-0.4, -0.2) is 38.5 Å². The third-order valence-corrected chi connectivity index (χ3v) is 3.07. The zero-order valence-corrected chi connectivity index (χ0v) is 13.2. The molecule has 0 aromatic heterocycles. The molecule has 1 aromatic rings. The van der Waals surface area contributed by atoms with Crippen molar-refractivity contribution >= 4 is 30.5 Å². The number of anilines is 1. The van der Waals surface area contributed by atoms with Crippen molar-refractivity contribution in [2.75, 3.05) is 31.1 Å². The Morgan fingerprint density at radius 2 is 1.86 bits per heavy atom. The summed E-state index contributed by atoms with van der Waals surface area (Å²) in [5, 5.41) is 3.29. The van der Waals surface area contributed by atoms with Gasteiger partial charge in [0.25, 0.3) is 0 Å². The average molecular weight is 347 g/mol. The molecule has 1 aliphatic heterocycles. The summed E-state index contributed by atoms with van der Waals surface area (Å²) in [6.07, 6.45) is -4.30. The van der Waals surface area contributed by atoms with Crippen LogP contribution in [0.15, 0.2) is 24.3 Å². The maximum atomic E-state index is 12.0. The number of hydrogen-bond donors (Lipinski definition) is 1. The van der Waals surface area contributed by atoms with Gasteiger partial charge in [0, 0.05) is 31.4 Å². The molecule has 2 rings (SSSR count). The number of halogens is 5. The molecule has 0 radical (unpaired) electrons. The molecule has 0 spiro atoms. The zero-order valence-electron chi connectivity index (χ0n) is 11.5. The summed E-state index contributed by atoms with van der Waals surface area (Å²) >= 11 is 0. The topological polar surface area (TPSA) is 24.5 Å². The van der Waals surface area contributed by atoms with Gasteiger partial charge in [-0.2, -0.15) is 13.2 Å². The summed E-state index contributed by atoms with van der Waals surface area (Å²) < 4.78 is 40.8. The standard InChI is InChI=1S/C13H17F3N2O.2ClH/c1-10-8-17-6-7-18(10)11-2-4-12(5-3-11)19-9-13(14,15)16;;/h2-5,10,17H,6-9H2,1H3;2*1H/t10-;;/m1../s1. The molecular weight excluding hydrogens is 328 g/mol. The number of rotatable bonds is 3. The van der Waals surface area contributed by atoms with E-state index in [1.165, 1.54) is 0 Å². The van der Waals surface area contributed by atoms with E-state index in [2.05, 4.69) is 21.9 Å². The van der Waals surface area contributed by atoms with Crippen LogP contribution in [0, 0.1) is 0 Å². The Kier molecular flexibility index (Phi) is 8.21. The molecule has 1 saturated heterocycles. The number of alkyl halides is 3. The van der Waals surface area contributed by atoms with Gasteiger partial charge in [-0.05, 0) is 31.2 Å². The SMILES string of the molecule is C[C@@H]1CNCCN1c1ccc(OCC(F)(F)F)cc1.Cl.Cl. The van der Waals surface area contributed by atoms with Gasteiger partial charge in [0.2, 0.25) is 0 Å². The van der Waals surface area contributed by atoms with Crippen LogP contribution in [0.4, 0.5) is 18.9 Å². The summed E-state index contributed by atoms with van der Waals surface area (Å²) in [6, 6.07) is 7.13. The van der Waals surface area contributed by atoms with Gasteiger partial charge in [0.05, 0.1) is 0 Å². The first-order chi connectivity index (χ1) is 8.96. The van der Waals surface area contributed by atoms with Crippen molar-refractivity contribution in [1.29, 1.82) is 0 Å². The first-order valence-corrected chi connectivity index (χ1v) is 6.23. The third-order valence-electron chi connectivity index (χ3n) is 3.07. The molecule has 1 aromatic carbocycles. The van der Waals surface area contributed by atoms with Crippen molar-refractivity contribution in [3.63, 3.8) is 0 Å². The van der Waals surface area contributed by atoms with Crippen LogP contribution in [0.1, 0.15) is 6.92 Å². The zero-order chi connectivity index (χ0) is 13.9. The molecule has 8 heteroatoms. The Balaban J connectivity index is 0.00000200. The van der Waals surface area contributed by atoms with Gasteiger partial charge < -0.3 is 15.0 Å². The van der Waals surface area contributed by atoms with Gasteiger partial charge in [0.1, 0.15) is 5.75 Å². The predicted octanol–water partition coefficient (Wildman–Crippen LogP) is 3.27. The van der Waals surface area contributed by atoms with Crippen molar-refractivity contribution in [3.05, 3.63) is 24.3 Å². The van der Waals surface area contributed by atoms with Crippen LogP contribution < -0.4 is 15.0 Å². The Hall–Kier alpha value is -0.850. The van der Waals surface area contributed by atoms with Gasteiger partial charge in [-0.1, -0.05) is 0 Å². The Labute approximate surface area is 134 Å². The van der Waals surface area contributed by atoms with Crippen LogP contribution in [0.2, 0.25) is 0 Å². The van der Waals surface area contributed by atoms with Gasteiger partial charge in [-0.25, -0.2) is 0 Å². The van der Waals surface area contributed by atoms with E-state index < -0.39 is 12.8 Å². The maximum absolute atomic E-state index is 12.0. The van der Waals surface area contributed by atoms with E-state index in [4.69, 9.17) is 0 Å². The molecule has 0 bridgehead atoms. The van der Waals surface area contributed by atoms with Gasteiger partial charge in [0.15, 0.2) is 6.61 Å². The number of nitrogens with zero attached hydrogens (tertiary/aromatic N) is 1. The van der Waals surface area contributed by atoms with Crippen molar-refractivity contribution < 1.29 is 17.9 Å². The van der Waals surface area contributed by atoms with Crippen molar-refractivity contribution in [3.8, 4) is 5.75 Å². The quantitative estimate of drug-likeness (QED) is 0.908. The lowest BCUT2D eigenvalue weighted by Crippen LogP contribution is -2.49. The molecule has 0 saturated carbocycles. The van der Waals surface area contributed by atoms with Crippen LogP contribution in [0.5, 0.6) is 5.75 Å². The minimum Gasteiger partial charge on any atom is -0.484 e.